The molecule has 286 valence electrons. The monoisotopic (exact) mass is 739 g/mol. The Morgan fingerprint density at radius 2 is 1.46 bits per heavy atom. The van der Waals surface area contributed by atoms with E-state index in [-0.39, 0.29) is 48.3 Å². The quantitative estimate of drug-likeness (QED) is 0.110. The van der Waals surface area contributed by atoms with Gasteiger partial charge in [-0.05, 0) is 54.9 Å². The number of likely N-dealkylation sites (tertiary alicyclic amines) is 1. The second-order valence-corrected chi connectivity index (χ2v) is 14.2. The average molecular weight is 740 g/mol. The van der Waals surface area contributed by atoms with Crippen molar-refractivity contribution in [3.8, 4) is 0 Å². The fourth-order valence-corrected chi connectivity index (χ4v) is 6.72. The Morgan fingerprint density at radius 1 is 0.833 bits per heavy atom. The van der Waals surface area contributed by atoms with Crippen molar-refractivity contribution in [3.63, 3.8) is 0 Å². The van der Waals surface area contributed by atoms with Crippen LogP contribution in [0.3, 0.4) is 0 Å². The first kappa shape index (κ1) is 41.0. The number of nitrogens with zero attached hydrogens (tertiary/aromatic N) is 2. The number of ketones is 3. The fourth-order valence-electron chi connectivity index (χ4n) is 6.72. The molecule has 4 rings (SSSR count). The van der Waals surface area contributed by atoms with Crippen molar-refractivity contribution in [2.45, 2.75) is 83.8 Å². The van der Waals surface area contributed by atoms with Crippen LogP contribution in [0.15, 0.2) is 84.9 Å². The predicted octanol–water partition coefficient (Wildman–Crippen LogP) is 4.62. The highest BCUT2D eigenvalue weighted by atomic mass is 16.6. The zero-order valence-corrected chi connectivity index (χ0v) is 31.0. The van der Waals surface area contributed by atoms with E-state index < -0.39 is 59.5 Å². The smallest absolute Gasteiger partial charge is 0.269 e. The molecule has 3 aromatic carbocycles. The van der Waals surface area contributed by atoms with E-state index in [1.807, 2.05) is 74.5 Å². The van der Waals surface area contributed by atoms with E-state index in [2.05, 4.69) is 16.0 Å². The van der Waals surface area contributed by atoms with E-state index in [0.717, 1.165) is 11.1 Å². The highest BCUT2D eigenvalue weighted by molar-refractivity contribution is 5.97. The van der Waals surface area contributed by atoms with E-state index in [4.69, 9.17) is 0 Å². The SMILES string of the molecule is CC(=O)N1CCC[C@H]1C(=O)C[C@@H](CC(C)C)C(=O)NCC(=O)C[C@@H](Nc1ccc([N+](=O)[O-])cc1)C(=O)N[C@@H](Cc1ccccc1)C(=O)Cc1ccccc1. The Hall–Kier alpha value is -5.72. The summed E-state index contributed by atoms with van der Waals surface area (Å²) in [5, 5.41) is 19.7. The second kappa shape index (κ2) is 19.9. The minimum Gasteiger partial charge on any atom is -0.373 e. The van der Waals surface area contributed by atoms with Gasteiger partial charge >= 0.3 is 0 Å². The normalized spacial score (nSPS) is 15.5. The van der Waals surface area contributed by atoms with Crippen LogP contribution >= 0.6 is 0 Å². The average Bonchev–Trinajstić information content (AvgIpc) is 3.65. The van der Waals surface area contributed by atoms with Gasteiger partial charge < -0.3 is 20.9 Å². The summed E-state index contributed by atoms with van der Waals surface area (Å²) in [7, 11) is 0. The first-order valence-corrected chi connectivity index (χ1v) is 18.3. The number of nitro groups is 1. The number of non-ortho nitro benzene ring substituents is 1. The molecule has 3 amide bonds. The van der Waals surface area contributed by atoms with E-state index in [9.17, 15) is 38.9 Å². The molecule has 0 bridgehead atoms. The number of Topliss-reactive ketones (excluding diaryl/α,β-unsaturated/α-hetero) is 3. The number of rotatable bonds is 20. The lowest BCUT2D eigenvalue weighted by molar-refractivity contribution is -0.384. The summed E-state index contributed by atoms with van der Waals surface area (Å²) in [5.41, 5.74) is 1.76. The van der Waals surface area contributed by atoms with Crippen molar-refractivity contribution in [3.05, 3.63) is 106 Å². The molecular weight excluding hydrogens is 690 g/mol. The maximum Gasteiger partial charge on any atom is 0.269 e. The number of hydrogen-bond donors (Lipinski definition) is 3. The lowest BCUT2D eigenvalue weighted by Crippen LogP contribution is -2.50. The number of carbonyl (C=O) groups excluding carboxylic acids is 6. The van der Waals surface area contributed by atoms with Crippen molar-refractivity contribution in [2.24, 2.45) is 11.8 Å². The Labute approximate surface area is 315 Å². The summed E-state index contributed by atoms with van der Waals surface area (Å²) in [5.74, 6) is -2.88. The number of carbonyl (C=O) groups is 6. The van der Waals surface area contributed by atoms with Crippen molar-refractivity contribution >= 4 is 46.4 Å². The van der Waals surface area contributed by atoms with Gasteiger partial charge in [-0.25, -0.2) is 0 Å². The third-order valence-electron chi connectivity index (χ3n) is 9.44. The molecule has 0 aliphatic carbocycles. The van der Waals surface area contributed by atoms with Crippen molar-refractivity contribution in [1.82, 2.24) is 15.5 Å². The Morgan fingerprint density at radius 3 is 2.06 bits per heavy atom. The molecule has 1 saturated heterocycles. The Bertz CT molecular complexity index is 1780. The fraction of sp³-hybridized carbons (Fsp3) is 0.415. The van der Waals surface area contributed by atoms with Gasteiger partial charge in [-0.15, -0.1) is 0 Å². The molecule has 54 heavy (non-hydrogen) atoms. The molecular formula is C41H49N5O8. The van der Waals surface area contributed by atoms with Crippen molar-refractivity contribution in [2.75, 3.05) is 18.4 Å². The van der Waals surface area contributed by atoms with Gasteiger partial charge in [0.1, 0.15) is 6.04 Å². The Kier molecular flexibility index (Phi) is 15.1. The molecule has 0 saturated carbocycles. The van der Waals surface area contributed by atoms with Crippen LogP contribution in [0.1, 0.15) is 64.0 Å². The van der Waals surface area contributed by atoms with Crippen LogP contribution in [0, 0.1) is 22.0 Å². The van der Waals surface area contributed by atoms with Crippen molar-refractivity contribution in [1.29, 1.82) is 0 Å². The molecule has 13 heteroatoms. The lowest BCUT2D eigenvalue weighted by Gasteiger charge is -2.25. The van der Waals surface area contributed by atoms with Crippen LogP contribution in [0.5, 0.6) is 0 Å². The molecule has 3 N–H and O–H groups in total. The Balaban J connectivity index is 1.49. The van der Waals surface area contributed by atoms with E-state index >= 15 is 0 Å². The molecule has 0 aromatic heterocycles. The summed E-state index contributed by atoms with van der Waals surface area (Å²) in [6.45, 7) is 5.35. The molecule has 1 heterocycles. The maximum atomic E-state index is 14.0. The van der Waals surface area contributed by atoms with Gasteiger partial charge in [0.15, 0.2) is 17.3 Å². The first-order chi connectivity index (χ1) is 25.8. The number of benzene rings is 3. The number of amides is 3. The van der Waals surface area contributed by atoms with Gasteiger partial charge in [0.2, 0.25) is 17.7 Å². The number of nitro benzene ring substituents is 1. The molecule has 3 aromatic rings. The zero-order valence-electron chi connectivity index (χ0n) is 31.0. The molecule has 0 unspecified atom stereocenters. The van der Waals surface area contributed by atoms with Gasteiger partial charge in [0.25, 0.3) is 5.69 Å². The lowest BCUT2D eigenvalue weighted by atomic mass is 9.89. The highest BCUT2D eigenvalue weighted by Crippen LogP contribution is 2.24. The third kappa shape index (κ3) is 12.5. The molecule has 0 spiro atoms. The number of hydrogen-bond acceptors (Lipinski definition) is 9. The minimum atomic E-state index is -1.22. The van der Waals surface area contributed by atoms with E-state index in [0.29, 0.717) is 31.5 Å². The van der Waals surface area contributed by atoms with Gasteiger partial charge in [0, 0.05) is 56.5 Å². The summed E-state index contributed by atoms with van der Waals surface area (Å²) in [6.07, 6.45) is 1.46. The van der Waals surface area contributed by atoms with E-state index in [1.54, 1.807) is 4.90 Å². The summed E-state index contributed by atoms with van der Waals surface area (Å²) in [4.78, 5) is 92.0. The van der Waals surface area contributed by atoms with Crippen LogP contribution in [-0.2, 0) is 41.6 Å². The maximum absolute atomic E-state index is 14.0. The van der Waals surface area contributed by atoms with Gasteiger partial charge in [0.05, 0.1) is 23.6 Å². The van der Waals surface area contributed by atoms with Crippen LogP contribution in [-0.4, -0.2) is 76.1 Å². The third-order valence-corrected chi connectivity index (χ3v) is 9.44. The van der Waals surface area contributed by atoms with Crippen molar-refractivity contribution < 1.29 is 33.7 Å². The van der Waals surface area contributed by atoms with Crippen LogP contribution in [0.25, 0.3) is 0 Å². The summed E-state index contributed by atoms with van der Waals surface area (Å²) >= 11 is 0. The molecule has 1 fully saturated rings. The van der Waals surface area contributed by atoms with E-state index in [1.165, 1.54) is 31.2 Å². The molecule has 4 atom stereocenters. The standard InChI is InChI=1S/C41H49N5O8/c1-27(2)21-31(24-39(50)37-15-10-20-45(37)28(3)47)40(51)42-26-34(48)25-36(43-32-16-18-33(19-17-32)46(53)54)41(52)44-35(22-29-11-6-4-7-12-29)38(49)23-30-13-8-5-9-14-30/h4-9,11-14,16-19,27,31,35-37,43H,10,15,20-26H2,1-3H3,(H,42,51)(H,44,52)/t31-,35+,36-,37+/m1/s1. The largest absolute Gasteiger partial charge is 0.373 e. The topological polar surface area (TPSA) is 185 Å². The highest BCUT2D eigenvalue weighted by Gasteiger charge is 2.35. The second-order valence-electron chi connectivity index (χ2n) is 14.2. The number of anilines is 1. The van der Waals surface area contributed by atoms with Gasteiger partial charge in [-0.3, -0.25) is 38.9 Å². The van der Waals surface area contributed by atoms with Crippen LogP contribution < -0.4 is 16.0 Å². The zero-order chi connectivity index (χ0) is 39.2. The van der Waals surface area contributed by atoms with Crippen LogP contribution in [0.4, 0.5) is 11.4 Å². The molecule has 1 aliphatic heterocycles. The summed E-state index contributed by atoms with van der Waals surface area (Å²) in [6, 6.07) is 21.0. The van der Waals surface area contributed by atoms with Gasteiger partial charge in [-0.2, -0.15) is 0 Å². The molecule has 1 aliphatic rings. The predicted molar refractivity (Wildman–Crippen MR) is 203 cm³/mol. The first-order valence-electron chi connectivity index (χ1n) is 18.3. The summed E-state index contributed by atoms with van der Waals surface area (Å²) < 4.78 is 0. The minimum absolute atomic E-state index is 0.0671. The molecule has 0 radical (unpaired) electrons. The molecule has 13 nitrogen and oxygen atoms in total. The van der Waals surface area contributed by atoms with Gasteiger partial charge in [-0.1, -0.05) is 74.5 Å². The number of nitrogens with one attached hydrogen (secondary N) is 3. The van der Waals surface area contributed by atoms with Crippen LogP contribution in [0.2, 0.25) is 0 Å².